The van der Waals surface area contributed by atoms with Gasteiger partial charge < -0.3 is 14.6 Å². The predicted molar refractivity (Wildman–Crippen MR) is 93.6 cm³/mol. The predicted octanol–water partition coefficient (Wildman–Crippen LogP) is 3.52. The number of oxazole rings is 1. The van der Waals surface area contributed by atoms with Gasteiger partial charge in [0.15, 0.2) is 5.69 Å². The van der Waals surface area contributed by atoms with Crippen LogP contribution >= 0.6 is 0 Å². The fourth-order valence-corrected chi connectivity index (χ4v) is 2.49. The zero-order valence-electron chi connectivity index (χ0n) is 15.3. The van der Waals surface area contributed by atoms with Crippen molar-refractivity contribution in [3.63, 3.8) is 0 Å². The summed E-state index contributed by atoms with van der Waals surface area (Å²) in [6, 6.07) is 0. The Morgan fingerprint density at radius 2 is 1.83 bits per heavy atom. The zero-order valence-corrected chi connectivity index (χ0v) is 15.3. The lowest BCUT2D eigenvalue weighted by Gasteiger charge is -2.19. The van der Waals surface area contributed by atoms with Gasteiger partial charge in [0.25, 0.3) is 5.91 Å². The van der Waals surface area contributed by atoms with Crippen molar-refractivity contribution in [2.24, 2.45) is 0 Å². The molecule has 24 heavy (non-hydrogen) atoms. The molecule has 1 N–H and O–H groups in total. The molecule has 6 heteroatoms. The average Bonchev–Trinajstić information content (AvgIpc) is 3.04. The van der Waals surface area contributed by atoms with Crippen LogP contribution in [0.2, 0.25) is 0 Å². The Balaban J connectivity index is 2.40. The van der Waals surface area contributed by atoms with E-state index < -0.39 is 0 Å². The molecule has 2 amide bonds. The first-order valence-electron chi connectivity index (χ1n) is 9.12. The van der Waals surface area contributed by atoms with E-state index in [2.05, 4.69) is 17.2 Å². The van der Waals surface area contributed by atoms with Crippen LogP contribution in [0.15, 0.2) is 10.7 Å². The molecule has 0 fully saturated rings. The Kier molecular flexibility index (Phi) is 9.80. The molecule has 1 aromatic heterocycles. The van der Waals surface area contributed by atoms with E-state index in [1.54, 1.807) is 4.90 Å². The van der Waals surface area contributed by atoms with Gasteiger partial charge in [-0.3, -0.25) is 9.59 Å². The number of hydrogen-bond acceptors (Lipinski definition) is 4. The van der Waals surface area contributed by atoms with Crippen molar-refractivity contribution in [1.82, 2.24) is 15.2 Å². The minimum atomic E-state index is -0.256. The van der Waals surface area contributed by atoms with Crippen molar-refractivity contribution in [2.45, 2.75) is 72.3 Å². The number of carbonyl (C=O) groups excluding carboxylic acids is 2. The summed E-state index contributed by atoms with van der Waals surface area (Å²) in [5.74, 6) is 0.258. The number of aromatic nitrogens is 1. The summed E-state index contributed by atoms with van der Waals surface area (Å²) in [4.78, 5) is 29.8. The van der Waals surface area contributed by atoms with Gasteiger partial charge in [0.2, 0.25) is 11.8 Å². The highest BCUT2D eigenvalue weighted by Gasteiger charge is 2.17. The van der Waals surface area contributed by atoms with Gasteiger partial charge in [0.05, 0.1) is 6.54 Å². The fourth-order valence-electron chi connectivity index (χ4n) is 2.49. The summed E-state index contributed by atoms with van der Waals surface area (Å²) >= 11 is 0. The molecule has 0 aliphatic heterocycles. The third-order valence-corrected chi connectivity index (χ3v) is 3.93. The van der Waals surface area contributed by atoms with Gasteiger partial charge in [0, 0.05) is 19.5 Å². The van der Waals surface area contributed by atoms with Crippen LogP contribution in [-0.2, 0) is 11.3 Å². The van der Waals surface area contributed by atoms with Crippen LogP contribution in [0.5, 0.6) is 0 Å². The number of nitrogens with zero attached hydrogens (tertiary/aromatic N) is 2. The first-order chi connectivity index (χ1) is 11.6. The quantitative estimate of drug-likeness (QED) is 0.592. The van der Waals surface area contributed by atoms with Crippen molar-refractivity contribution in [3.8, 4) is 0 Å². The topological polar surface area (TPSA) is 75.4 Å². The van der Waals surface area contributed by atoms with E-state index in [0.29, 0.717) is 31.9 Å². The number of amides is 2. The molecule has 0 aromatic carbocycles. The molecule has 0 saturated carbocycles. The lowest BCUT2D eigenvalue weighted by Crippen LogP contribution is -2.30. The van der Waals surface area contributed by atoms with Crippen molar-refractivity contribution in [2.75, 3.05) is 13.1 Å². The van der Waals surface area contributed by atoms with E-state index in [4.69, 9.17) is 4.42 Å². The fraction of sp³-hybridized carbons (Fsp3) is 0.722. The Morgan fingerprint density at radius 1 is 1.12 bits per heavy atom. The smallest absolute Gasteiger partial charge is 0.273 e. The maximum absolute atomic E-state index is 12.3. The van der Waals surface area contributed by atoms with Crippen LogP contribution in [-0.4, -0.2) is 34.8 Å². The molecule has 0 spiro atoms. The normalized spacial score (nSPS) is 10.6. The summed E-state index contributed by atoms with van der Waals surface area (Å²) in [6.07, 6.45) is 8.88. The number of nitrogens with one attached hydrogen (secondary N) is 1. The second-order valence-corrected chi connectivity index (χ2v) is 5.91. The molecule has 1 heterocycles. The Labute approximate surface area is 145 Å². The number of hydrogen-bond donors (Lipinski definition) is 1. The molecular formula is C18H31N3O3. The molecule has 0 atom stereocenters. The van der Waals surface area contributed by atoms with Crippen molar-refractivity contribution < 1.29 is 14.0 Å². The van der Waals surface area contributed by atoms with Crippen molar-refractivity contribution in [3.05, 3.63) is 17.8 Å². The monoisotopic (exact) mass is 337 g/mol. The lowest BCUT2D eigenvalue weighted by atomic mass is 10.1. The van der Waals surface area contributed by atoms with E-state index in [1.165, 1.54) is 31.9 Å². The number of carbonyl (C=O) groups is 2. The molecule has 0 radical (unpaired) electrons. The van der Waals surface area contributed by atoms with Gasteiger partial charge in [0.1, 0.15) is 6.26 Å². The first-order valence-corrected chi connectivity index (χ1v) is 9.12. The van der Waals surface area contributed by atoms with E-state index in [9.17, 15) is 9.59 Å². The van der Waals surface area contributed by atoms with Crippen LogP contribution in [0.3, 0.4) is 0 Å². The van der Waals surface area contributed by atoms with Crippen molar-refractivity contribution in [1.29, 1.82) is 0 Å². The zero-order chi connectivity index (χ0) is 17.8. The lowest BCUT2D eigenvalue weighted by molar-refractivity contribution is -0.132. The van der Waals surface area contributed by atoms with Gasteiger partial charge in [-0.15, -0.1) is 0 Å². The minimum absolute atomic E-state index is 0.116. The Hall–Kier alpha value is -1.85. The molecule has 136 valence electrons. The van der Waals surface area contributed by atoms with Crippen LogP contribution < -0.4 is 5.32 Å². The Bertz CT molecular complexity index is 499. The summed E-state index contributed by atoms with van der Waals surface area (Å²) in [5, 5.41) is 2.67. The molecule has 0 aliphatic carbocycles. The maximum Gasteiger partial charge on any atom is 0.273 e. The summed E-state index contributed by atoms with van der Waals surface area (Å²) in [7, 11) is 0. The van der Waals surface area contributed by atoms with Gasteiger partial charge in [-0.2, -0.15) is 0 Å². The molecule has 0 bridgehead atoms. The molecule has 0 saturated heterocycles. The van der Waals surface area contributed by atoms with Gasteiger partial charge in [-0.05, 0) is 20.3 Å². The summed E-state index contributed by atoms with van der Waals surface area (Å²) < 4.78 is 5.32. The van der Waals surface area contributed by atoms with Crippen molar-refractivity contribution >= 4 is 11.8 Å². The largest absolute Gasteiger partial charge is 0.446 e. The summed E-state index contributed by atoms with van der Waals surface area (Å²) in [6.45, 7) is 7.44. The summed E-state index contributed by atoms with van der Waals surface area (Å²) in [5.41, 5.74) is 0.256. The molecule has 1 rings (SSSR count). The Morgan fingerprint density at radius 3 is 2.50 bits per heavy atom. The highest BCUT2D eigenvalue weighted by Crippen LogP contribution is 2.11. The highest BCUT2D eigenvalue weighted by molar-refractivity contribution is 5.91. The number of rotatable bonds is 12. The standard InChI is InChI=1S/C18H31N3O3/c1-4-7-8-9-10-11-12-17(22)21(6-3)13-16-20-15(14-24-16)18(23)19-5-2/h14H,4-13H2,1-3H3,(H,19,23). The van der Waals surface area contributed by atoms with E-state index in [1.807, 2.05) is 13.8 Å². The maximum atomic E-state index is 12.3. The third-order valence-electron chi connectivity index (χ3n) is 3.93. The molecule has 0 unspecified atom stereocenters. The van der Waals surface area contributed by atoms with E-state index in [-0.39, 0.29) is 17.5 Å². The highest BCUT2D eigenvalue weighted by atomic mass is 16.3. The average molecular weight is 337 g/mol. The van der Waals surface area contributed by atoms with Crippen LogP contribution in [0.4, 0.5) is 0 Å². The second-order valence-electron chi connectivity index (χ2n) is 5.91. The van der Waals surface area contributed by atoms with Crippen LogP contribution in [0.1, 0.15) is 82.1 Å². The number of unbranched alkanes of at least 4 members (excludes halogenated alkanes) is 5. The van der Waals surface area contributed by atoms with Crippen LogP contribution in [0, 0.1) is 0 Å². The molecule has 0 aliphatic rings. The molecule has 1 aromatic rings. The van der Waals surface area contributed by atoms with Gasteiger partial charge >= 0.3 is 0 Å². The van der Waals surface area contributed by atoms with Crippen LogP contribution in [0.25, 0.3) is 0 Å². The minimum Gasteiger partial charge on any atom is -0.446 e. The van der Waals surface area contributed by atoms with E-state index in [0.717, 1.165) is 12.8 Å². The second kappa shape index (κ2) is 11.6. The van der Waals surface area contributed by atoms with Gasteiger partial charge in [-0.1, -0.05) is 39.0 Å². The molecule has 6 nitrogen and oxygen atoms in total. The third kappa shape index (κ3) is 7.15. The molecular weight excluding hydrogens is 306 g/mol. The SMILES string of the molecule is CCCCCCCCC(=O)N(CC)Cc1nc(C(=O)NCC)co1. The van der Waals surface area contributed by atoms with E-state index >= 15 is 0 Å². The van der Waals surface area contributed by atoms with Gasteiger partial charge in [-0.25, -0.2) is 4.98 Å². The first kappa shape index (κ1) is 20.2.